The average Bonchev–Trinajstić information content (AvgIpc) is 3.49. The van der Waals surface area contributed by atoms with E-state index in [9.17, 15) is 10.0 Å². The molecule has 0 bridgehead atoms. The topological polar surface area (TPSA) is 78.6 Å². The van der Waals surface area contributed by atoms with E-state index in [0.717, 1.165) is 18.2 Å². The van der Waals surface area contributed by atoms with Crippen LogP contribution in [0.1, 0.15) is 23.2 Å². The Hall–Kier alpha value is -2.80. The summed E-state index contributed by atoms with van der Waals surface area (Å²) >= 11 is 11.9. The number of carbonyl (C=O) groups excluding carboxylic acids is 1. The third kappa shape index (κ3) is 3.37. The van der Waals surface area contributed by atoms with Crippen LogP contribution in [0, 0.1) is 11.1 Å². The van der Waals surface area contributed by atoms with Crippen molar-refractivity contribution in [3.63, 3.8) is 0 Å². The summed E-state index contributed by atoms with van der Waals surface area (Å²) in [4.78, 5) is 17.0. The van der Waals surface area contributed by atoms with Crippen LogP contribution in [0.25, 0.3) is 21.9 Å². The Morgan fingerprint density at radius 2 is 2.03 bits per heavy atom. The summed E-state index contributed by atoms with van der Waals surface area (Å²) in [6, 6.07) is 11.9. The molecule has 1 aliphatic rings. The molecular formula is C22H15Cl2N2O4-. The van der Waals surface area contributed by atoms with Crippen LogP contribution < -0.4 is 9.80 Å². The molecule has 152 valence electrons. The average molecular weight is 442 g/mol. The molecule has 1 amide bonds. The number of hydrogen-bond donors (Lipinski definition) is 0. The summed E-state index contributed by atoms with van der Waals surface area (Å²) in [6.45, 7) is 0.595. The molecule has 2 heterocycles. The number of carbonyl (C=O) groups is 1. The van der Waals surface area contributed by atoms with Crippen molar-refractivity contribution >= 4 is 56.9 Å². The lowest BCUT2D eigenvalue weighted by Gasteiger charge is -2.28. The minimum absolute atomic E-state index is 0.0106. The summed E-state index contributed by atoms with van der Waals surface area (Å²) in [7, 11) is 0. The van der Waals surface area contributed by atoms with Crippen molar-refractivity contribution in [1.82, 2.24) is 4.98 Å². The lowest BCUT2D eigenvalue weighted by atomic mass is 10.0. The van der Waals surface area contributed by atoms with Crippen molar-refractivity contribution in [2.24, 2.45) is 5.92 Å². The minimum atomic E-state index is -0.808. The highest BCUT2D eigenvalue weighted by molar-refractivity contribution is 6.36. The number of nitrogens with zero attached hydrogens (tertiary/aromatic N) is 2. The summed E-state index contributed by atoms with van der Waals surface area (Å²) in [5.41, 5.74) is 1.21. The van der Waals surface area contributed by atoms with E-state index in [1.54, 1.807) is 18.2 Å². The first kappa shape index (κ1) is 19.2. The molecule has 0 aliphatic heterocycles. The number of pyridine rings is 1. The molecule has 5 rings (SSSR count). The molecule has 1 saturated carbocycles. The number of benzene rings is 2. The predicted molar refractivity (Wildman–Crippen MR) is 116 cm³/mol. The van der Waals surface area contributed by atoms with Crippen LogP contribution in [0.5, 0.6) is 5.75 Å². The Bertz CT molecular complexity index is 1280. The number of aromatic nitrogens is 1. The Balaban J connectivity index is 1.62. The predicted octanol–water partition coefficient (Wildman–Crippen LogP) is 6.22. The van der Waals surface area contributed by atoms with Gasteiger partial charge in [-0.15, -0.1) is 0 Å². The number of hydroxylamine groups is 1. The number of halogens is 2. The van der Waals surface area contributed by atoms with Crippen molar-refractivity contribution in [3.05, 3.63) is 69.5 Å². The summed E-state index contributed by atoms with van der Waals surface area (Å²) in [5.74, 6) is 0.0730. The van der Waals surface area contributed by atoms with Gasteiger partial charge in [-0.25, -0.2) is 4.98 Å². The highest BCUT2D eigenvalue weighted by Gasteiger charge is 2.25. The first-order chi connectivity index (χ1) is 14.5. The molecule has 0 radical (unpaired) electrons. The Morgan fingerprint density at radius 1 is 1.23 bits per heavy atom. The van der Waals surface area contributed by atoms with Crippen molar-refractivity contribution < 1.29 is 13.9 Å². The van der Waals surface area contributed by atoms with Crippen LogP contribution in [-0.4, -0.2) is 17.5 Å². The van der Waals surface area contributed by atoms with E-state index in [0.29, 0.717) is 34.8 Å². The molecular weight excluding hydrogens is 427 g/mol. The van der Waals surface area contributed by atoms with E-state index in [4.69, 9.17) is 32.4 Å². The van der Waals surface area contributed by atoms with Gasteiger partial charge in [0.1, 0.15) is 11.4 Å². The Kier molecular flexibility index (Phi) is 4.77. The van der Waals surface area contributed by atoms with Crippen molar-refractivity contribution in [2.45, 2.75) is 12.8 Å². The van der Waals surface area contributed by atoms with Crippen molar-refractivity contribution in [1.29, 1.82) is 0 Å². The van der Waals surface area contributed by atoms with Crippen LogP contribution >= 0.6 is 23.2 Å². The second-order valence-electron chi connectivity index (χ2n) is 7.23. The SMILES string of the molecule is O=C(c1ccc(OCC2CC2)c2oc3ccccc3c12)N([O-])c1ncc(Cl)cc1Cl. The number of hydrogen-bond acceptors (Lipinski definition) is 5. The highest BCUT2D eigenvalue weighted by atomic mass is 35.5. The monoisotopic (exact) mass is 441 g/mol. The van der Waals surface area contributed by atoms with Crippen LogP contribution in [0.15, 0.2) is 53.1 Å². The molecule has 2 aromatic carbocycles. The zero-order valence-corrected chi connectivity index (χ0v) is 17.1. The van der Waals surface area contributed by atoms with Gasteiger partial charge in [0.25, 0.3) is 0 Å². The lowest BCUT2D eigenvalue weighted by molar-refractivity contribution is 0.0998. The first-order valence-corrected chi connectivity index (χ1v) is 10.2. The molecule has 0 atom stereocenters. The van der Waals surface area contributed by atoms with Crippen LogP contribution in [-0.2, 0) is 0 Å². The molecule has 0 N–H and O–H groups in total. The number of rotatable bonds is 5. The zero-order chi connectivity index (χ0) is 20.8. The summed E-state index contributed by atoms with van der Waals surface area (Å²) < 4.78 is 11.9. The second kappa shape index (κ2) is 7.47. The second-order valence-corrected chi connectivity index (χ2v) is 8.07. The number of amides is 1. The number of ether oxygens (including phenoxy) is 1. The number of para-hydroxylation sites is 1. The largest absolute Gasteiger partial charge is 0.750 e. The molecule has 4 aromatic rings. The minimum Gasteiger partial charge on any atom is -0.750 e. The van der Waals surface area contributed by atoms with E-state index in [-0.39, 0.29) is 26.5 Å². The van der Waals surface area contributed by atoms with Gasteiger partial charge in [0.05, 0.1) is 22.2 Å². The number of furan rings is 1. The maximum Gasteiger partial charge on any atom is 0.249 e. The van der Waals surface area contributed by atoms with E-state index in [1.165, 1.54) is 12.3 Å². The molecule has 1 aliphatic carbocycles. The standard InChI is InChI=1S/C22H15Cl2N2O4/c23-13-9-16(24)21(25-10-13)26(28)22(27)15-7-8-18(29-11-12-5-6-12)20-19(15)14-3-1-2-4-17(14)30-20/h1-4,7-10,12H,5-6,11H2/q-1. The van der Waals surface area contributed by atoms with Gasteiger partial charge in [-0.1, -0.05) is 41.4 Å². The van der Waals surface area contributed by atoms with Gasteiger partial charge in [-0.05, 0) is 43.0 Å². The maximum atomic E-state index is 13.1. The molecule has 0 unspecified atom stereocenters. The summed E-state index contributed by atoms with van der Waals surface area (Å²) in [6.07, 6.45) is 3.57. The quantitative estimate of drug-likeness (QED) is 0.343. The number of fused-ring (bicyclic) bond motifs is 3. The molecule has 2 aromatic heterocycles. The van der Waals surface area contributed by atoms with E-state index in [2.05, 4.69) is 4.98 Å². The fraction of sp³-hybridized carbons (Fsp3) is 0.182. The number of anilines is 1. The third-order valence-electron chi connectivity index (χ3n) is 5.06. The van der Waals surface area contributed by atoms with Gasteiger partial charge in [-0.3, -0.25) is 4.79 Å². The smallest absolute Gasteiger partial charge is 0.249 e. The van der Waals surface area contributed by atoms with Crippen molar-refractivity contribution in [2.75, 3.05) is 11.7 Å². The maximum absolute atomic E-state index is 13.1. The lowest BCUT2D eigenvalue weighted by Crippen LogP contribution is -2.25. The fourth-order valence-corrected chi connectivity index (χ4v) is 3.81. The van der Waals surface area contributed by atoms with E-state index < -0.39 is 5.91 Å². The van der Waals surface area contributed by atoms with Gasteiger partial charge in [0, 0.05) is 17.0 Å². The van der Waals surface area contributed by atoms with Crippen LogP contribution in [0.2, 0.25) is 10.0 Å². The molecule has 0 saturated heterocycles. The molecule has 1 fully saturated rings. The van der Waals surface area contributed by atoms with Gasteiger partial charge in [0.15, 0.2) is 11.3 Å². The highest BCUT2D eigenvalue weighted by Crippen LogP contribution is 2.39. The van der Waals surface area contributed by atoms with E-state index >= 15 is 0 Å². The van der Waals surface area contributed by atoms with Gasteiger partial charge in [-0.2, -0.15) is 0 Å². The normalized spacial score (nSPS) is 13.7. The van der Waals surface area contributed by atoms with E-state index in [1.807, 2.05) is 18.2 Å². The first-order valence-electron chi connectivity index (χ1n) is 9.42. The summed E-state index contributed by atoms with van der Waals surface area (Å²) in [5, 5.41) is 14.5. The van der Waals surface area contributed by atoms with Gasteiger partial charge < -0.3 is 19.4 Å². The zero-order valence-electron chi connectivity index (χ0n) is 15.6. The van der Waals surface area contributed by atoms with Crippen LogP contribution in [0.4, 0.5) is 5.82 Å². The molecule has 0 spiro atoms. The van der Waals surface area contributed by atoms with Crippen molar-refractivity contribution in [3.8, 4) is 5.75 Å². The Morgan fingerprint density at radius 3 is 2.80 bits per heavy atom. The third-order valence-corrected chi connectivity index (χ3v) is 5.54. The molecule has 8 heteroatoms. The van der Waals surface area contributed by atoms with Crippen LogP contribution in [0.3, 0.4) is 0 Å². The molecule has 30 heavy (non-hydrogen) atoms. The molecule has 6 nitrogen and oxygen atoms in total. The fourth-order valence-electron chi connectivity index (χ4n) is 3.35. The Labute approximate surface area is 181 Å². The van der Waals surface area contributed by atoms with Gasteiger partial charge >= 0.3 is 0 Å². The van der Waals surface area contributed by atoms with Gasteiger partial charge in [0.2, 0.25) is 5.91 Å².